The first-order valence-electron chi connectivity index (χ1n) is 8.78. The summed E-state index contributed by atoms with van der Waals surface area (Å²) in [6.45, 7) is 12.6. The van der Waals surface area contributed by atoms with E-state index >= 15 is 0 Å². The van der Waals surface area contributed by atoms with E-state index in [1.165, 1.54) is 0 Å². The van der Waals surface area contributed by atoms with Crippen LogP contribution in [0.25, 0.3) is 0 Å². The molecule has 0 aromatic heterocycles. The second-order valence-electron chi connectivity index (χ2n) is 7.40. The minimum atomic E-state index is -0.698. The van der Waals surface area contributed by atoms with Gasteiger partial charge in [-0.25, -0.2) is 0 Å². The van der Waals surface area contributed by atoms with E-state index in [1.807, 2.05) is 62.9 Å². The number of benzene rings is 1. The molecule has 0 N–H and O–H groups in total. The number of para-hydroxylation sites is 1. The van der Waals surface area contributed by atoms with Crippen LogP contribution in [0.15, 0.2) is 30.3 Å². The highest BCUT2D eigenvalue weighted by molar-refractivity contribution is 5.78. The van der Waals surface area contributed by atoms with Gasteiger partial charge >= 0.3 is 11.9 Å². The van der Waals surface area contributed by atoms with Gasteiger partial charge in [-0.3, -0.25) is 9.59 Å². The molecule has 0 radical (unpaired) electrons. The molecule has 0 heterocycles. The van der Waals surface area contributed by atoms with Gasteiger partial charge in [0.05, 0.1) is 24.0 Å². The van der Waals surface area contributed by atoms with E-state index < -0.39 is 10.8 Å². The average Bonchev–Trinajstić information content (AvgIpc) is 2.55. The molecule has 1 rings (SSSR count). The number of carbonyl (C=O) groups is 2. The molecule has 0 fully saturated rings. The average molecular weight is 349 g/mol. The second-order valence-corrected chi connectivity index (χ2v) is 7.40. The highest BCUT2D eigenvalue weighted by Crippen LogP contribution is 2.28. The van der Waals surface area contributed by atoms with Crippen LogP contribution in [0.2, 0.25) is 0 Å². The Hall–Kier alpha value is -2.04. The number of esters is 2. The zero-order valence-electron chi connectivity index (χ0n) is 16.3. The molecule has 5 nitrogen and oxygen atoms in total. The number of hydrogen-bond donors (Lipinski definition) is 0. The van der Waals surface area contributed by atoms with Crippen LogP contribution in [0.4, 0.5) is 5.69 Å². The second kappa shape index (κ2) is 8.88. The van der Waals surface area contributed by atoms with Gasteiger partial charge in [0.1, 0.15) is 0 Å². The van der Waals surface area contributed by atoms with Crippen LogP contribution in [0.5, 0.6) is 0 Å². The van der Waals surface area contributed by atoms with Gasteiger partial charge in [0.2, 0.25) is 0 Å². The third-order valence-corrected chi connectivity index (χ3v) is 3.95. The Bertz CT molecular complexity index is 534. The summed E-state index contributed by atoms with van der Waals surface area (Å²) in [5.41, 5.74) is -0.440. The SMILES string of the molecule is CCOC(=O)C(C)(C)CN(CC(C)(C)C(=O)OCC)c1ccccc1. The number of rotatable bonds is 9. The fourth-order valence-electron chi connectivity index (χ4n) is 2.61. The van der Waals surface area contributed by atoms with Crippen molar-refractivity contribution < 1.29 is 19.1 Å². The van der Waals surface area contributed by atoms with Crippen LogP contribution in [0.3, 0.4) is 0 Å². The predicted molar refractivity (Wildman–Crippen MR) is 99.5 cm³/mol. The summed E-state index contributed by atoms with van der Waals surface area (Å²) >= 11 is 0. The van der Waals surface area contributed by atoms with E-state index in [2.05, 4.69) is 0 Å². The summed E-state index contributed by atoms with van der Waals surface area (Å²) in [5, 5.41) is 0. The molecule has 0 aliphatic carbocycles. The molecule has 0 atom stereocenters. The Morgan fingerprint density at radius 1 is 0.840 bits per heavy atom. The third kappa shape index (κ3) is 6.07. The molecule has 1 aromatic carbocycles. The normalized spacial score (nSPS) is 11.8. The summed E-state index contributed by atoms with van der Waals surface area (Å²) in [6.07, 6.45) is 0. The minimum Gasteiger partial charge on any atom is -0.466 e. The zero-order valence-corrected chi connectivity index (χ0v) is 16.3. The van der Waals surface area contributed by atoms with Gasteiger partial charge in [-0.1, -0.05) is 18.2 Å². The van der Waals surface area contributed by atoms with Gasteiger partial charge in [-0.05, 0) is 53.7 Å². The molecule has 1 aromatic rings. The lowest BCUT2D eigenvalue weighted by atomic mass is 9.89. The lowest BCUT2D eigenvalue weighted by Crippen LogP contribution is -2.46. The summed E-state index contributed by atoms with van der Waals surface area (Å²) < 4.78 is 10.4. The van der Waals surface area contributed by atoms with Crippen molar-refractivity contribution in [1.82, 2.24) is 0 Å². The van der Waals surface area contributed by atoms with Crippen LogP contribution >= 0.6 is 0 Å². The van der Waals surface area contributed by atoms with Crippen LogP contribution < -0.4 is 4.90 Å². The number of nitrogens with zero attached hydrogens (tertiary/aromatic N) is 1. The van der Waals surface area contributed by atoms with Crippen LogP contribution in [0.1, 0.15) is 41.5 Å². The van der Waals surface area contributed by atoms with E-state index in [0.717, 1.165) is 5.69 Å². The molecular formula is C20H31NO4. The Labute approximate surface area is 151 Å². The van der Waals surface area contributed by atoms with Crippen LogP contribution in [0, 0.1) is 10.8 Å². The van der Waals surface area contributed by atoms with Crippen LogP contribution in [-0.4, -0.2) is 38.2 Å². The van der Waals surface area contributed by atoms with Gasteiger partial charge in [-0.2, -0.15) is 0 Å². The number of carbonyl (C=O) groups excluding carboxylic acids is 2. The molecule has 0 saturated heterocycles. The molecule has 0 aliphatic rings. The predicted octanol–water partition coefficient (Wildman–Crippen LogP) is 3.67. The quantitative estimate of drug-likeness (QED) is 0.637. The van der Waals surface area contributed by atoms with Gasteiger partial charge in [0, 0.05) is 18.8 Å². The highest BCUT2D eigenvalue weighted by Gasteiger charge is 2.36. The van der Waals surface area contributed by atoms with Gasteiger partial charge in [0.25, 0.3) is 0 Å². The Morgan fingerprint density at radius 3 is 1.60 bits per heavy atom. The molecular weight excluding hydrogens is 318 g/mol. The fraction of sp³-hybridized carbons (Fsp3) is 0.600. The van der Waals surface area contributed by atoms with Crippen molar-refractivity contribution in [3.63, 3.8) is 0 Å². The monoisotopic (exact) mass is 349 g/mol. The maximum atomic E-state index is 12.3. The molecule has 0 saturated carbocycles. The molecule has 0 aliphatic heterocycles. The lowest BCUT2D eigenvalue weighted by molar-refractivity contribution is -0.153. The van der Waals surface area contributed by atoms with Crippen molar-refractivity contribution in [2.24, 2.45) is 10.8 Å². The molecule has 0 amide bonds. The largest absolute Gasteiger partial charge is 0.466 e. The number of anilines is 1. The van der Waals surface area contributed by atoms with E-state index in [9.17, 15) is 9.59 Å². The fourth-order valence-corrected chi connectivity index (χ4v) is 2.61. The topological polar surface area (TPSA) is 55.8 Å². The van der Waals surface area contributed by atoms with Crippen LogP contribution in [-0.2, 0) is 19.1 Å². The molecule has 140 valence electrons. The number of ether oxygens (including phenoxy) is 2. The maximum Gasteiger partial charge on any atom is 0.313 e. The first-order valence-corrected chi connectivity index (χ1v) is 8.78. The highest BCUT2D eigenvalue weighted by atomic mass is 16.5. The summed E-state index contributed by atoms with van der Waals surface area (Å²) in [7, 11) is 0. The summed E-state index contributed by atoms with van der Waals surface area (Å²) in [4.78, 5) is 26.6. The summed E-state index contributed by atoms with van der Waals surface area (Å²) in [6, 6.07) is 9.77. The van der Waals surface area contributed by atoms with Crippen molar-refractivity contribution in [3.8, 4) is 0 Å². The first kappa shape index (κ1) is 21.0. The Balaban J connectivity index is 3.06. The maximum absolute atomic E-state index is 12.3. The lowest BCUT2D eigenvalue weighted by Gasteiger charge is -2.37. The molecule has 0 unspecified atom stereocenters. The van der Waals surface area contributed by atoms with Crippen molar-refractivity contribution in [3.05, 3.63) is 30.3 Å². The van der Waals surface area contributed by atoms with Crippen molar-refractivity contribution >= 4 is 17.6 Å². The molecule has 0 spiro atoms. The first-order chi connectivity index (χ1) is 11.6. The van der Waals surface area contributed by atoms with E-state index in [4.69, 9.17) is 9.47 Å². The Kier molecular flexibility index (Phi) is 7.46. The van der Waals surface area contributed by atoms with E-state index in [1.54, 1.807) is 13.8 Å². The number of hydrogen-bond acceptors (Lipinski definition) is 5. The molecule has 0 bridgehead atoms. The van der Waals surface area contributed by atoms with E-state index in [-0.39, 0.29) is 11.9 Å². The van der Waals surface area contributed by atoms with Crippen molar-refractivity contribution in [2.75, 3.05) is 31.2 Å². The van der Waals surface area contributed by atoms with Gasteiger partial charge in [0.15, 0.2) is 0 Å². The molecule has 5 heteroatoms. The van der Waals surface area contributed by atoms with Crippen molar-refractivity contribution in [2.45, 2.75) is 41.5 Å². The summed E-state index contributed by atoms with van der Waals surface area (Å²) in [5.74, 6) is -0.491. The minimum absolute atomic E-state index is 0.245. The Morgan fingerprint density at radius 2 is 1.24 bits per heavy atom. The van der Waals surface area contributed by atoms with Crippen molar-refractivity contribution in [1.29, 1.82) is 0 Å². The third-order valence-electron chi connectivity index (χ3n) is 3.95. The van der Waals surface area contributed by atoms with Gasteiger partial charge < -0.3 is 14.4 Å². The zero-order chi connectivity index (χ0) is 19.1. The molecule has 25 heavy (non-hydrogen) atoms. The van der Waals surface area contributed by atoms with E-state index in [0.29, 0.717) is 26.3 Å². The van der Waals surface area contributed by atoms with Gasteiger partial charge in [-0.15, -0.1) is 0 Å². The smallest absolute Gasteiger partial charge is 0.313 e. The standard InChI is InChI=1S/C20H31NO4/c1-7-24-17(22)19(3,4)14-21(16-12-10-9-11-13-16)15-20(5,6)18(23)25-8-2/h9-13H,7-8,14-15H2,1-6H3.